The van der Waals surface area contributed by atoms with Crippen LogP contribution in [-0.2, 0) is 7.05 Å². The summed E-state index contributed by atoms with van der Waals surface area (Å²) in [5, 5.41) is 11.5. The Labute approximate surface area is 98.5 Å². The first-order chi connectivity index (χ1) is 8.06. The van der Waals surface area contributed by atoms with Crippen molar-refractivity contribution in [2.45, 2.75) is 6.92 Å². The summed E-state index contributed by atoms with van der Waals surface area (Å²) >= 11 is 0. The van der Waals surface area contributed by atoms with E-state index in [1.54, 1.807) is 29.9 Å². The lowest BCUT2D eigenvalue weighted by atomic mass is 10.3. The molecule has 0 fully saturated rings. The van der Waals surface area contributed by atoms with Gasteiger partial charge >= 0.3 is 0 Å². The minimum absolute atomic E-state index is 0.0864. The van der Waals surface area contributed by atoms with E-state index in [4.69, 9.17) is 15.9 Å². The molecule has 2 aromatic heterocycles. The van der Waals surface area contributed by atoms with E-state index in [0.717, 1.165) is 5.69 Å². The van der Waals surface area contributed by atoms with Crippen molar-refractivity contribution in [3.63, 3.8) is 0 Å². The number of pyridine rings is 1. The molecule has 0 spiro atoms. The summed E-state index contributed by atoms with van der Waals surface area (Å²) in [6, 6.07) is 6.91. The van der Waals surface area contributed by atoms with Crippen molar-refractivity contribution >= 4 is 5.84 Å². The van der Waals surface area contributed by atoms with Crippen LogP contribution in [0.25, 0.3) is 0 Å². The highest BCUT2D eigenvalue weighted by Crippen LogP contribution is 2.19. The van der Waals surface area contributed by atoms with Crippen LogP contribution in [0, 0.1) is 12.3 Å². The molecule has 0 atom stereocenters. The predicted molar refractivity (Wildman–Crippen MR) is 63.3 cm³/mol. The van der Waals surface area contributed by atoms with Crippen LogP contribution in [-0.4, -0.2) is 20.6 Å². The third kappa shape index (κ3) is 2.41. The number of aryl methyl sites for hydroxylation is 2. The van der Waals surface area contributed by atoms with E-state index in [2.05, 4.69) is 10.1 Å². The van der Waals surface area contributed by atoms with Crippen LogP contribution in [0.3, 0.4) is 0 Å². The van der Waals surface area contributed by atoms with Crippen LogP contribution >= 0.6 is 0 Å². The van der Waals surface area contributed by atoms with Crippen molar-refractivity contribution in [2.75, 3.05) is 0 Å². The van der Waals surface area contributed by atoms with Crippen molar-refractivity contribution in [3.8, 4) is 11.8 Å². The average molecular weight is 231 g/mol. The quantitative estimate of drug-likeness (QED) is 0.613. The lowest BCUT2D eigenvalue weighted by Crippen LogP contribution is -2.13. The molecule has 88 valence electrons. The molecule has 6 heteroatoms. The Morgan fingerprint density at radius 3 is 2.82 bits per heavy atom. The van der Waals surface area contributed by atoms with E-state index in [1.165, 1.54) is 0 Å². The van der Waals surface area contributed by atoms with Gasteiger partial charge in [-0.15, -0.1) is 0 Å². The molecule has 0 aliphatic rings. The Balaban J connectivity index is 2.27. The number of nitrogens with one attached hydrogen (secondary N) is 1. The van der Waals surface area contributed by atoms with Gasteiger partial charge in [-0.05, 0) is 13.0 Å². The topological polar surface area (TPSA) is 89.8 Å². The van der Waals surface area contributed by atoms with Crippen molar-refractivity contribution in [3.05, 3.63) is 35.7 Å². The molecule has 0 bridgehead atoms. The molecule has 0 aliphatic carbocycles. The minimum Gasteiger partial charge on any atom is -0.421 e. The Kier molecular flexibility index (Phi) is 2.78. The lowest BCUT2D eigenvalue weighted by Gasteiger charge is -2.05. The first-order valence-electron chi connectivity index (χ1n) is 5.06. The average Bonchev–Trinajstić information content (AvgIpc) is 2.58. The van der Waals surface area contributed by atoms with Crippen molar-refractivity contribution in [1.29, 1.82) is 5.41 Å². The van der Waals surface area contributed by atoms with Gasteiger partial charge in [0, 0.05) is 19.2 Å². The molecule has 0 saturated heterocycles. The van der Waals surface area contributed by atoms with Gasteiger partial charge in [-0.1, -0.05) is 6.07 Å². The summed E-state index contributed by atoms with van der Waals surface area (Å²) in [6.45, 7) is 1.88. The van der Waals surface area contributed by atoms with Gasteiger partial charge in [-0.2, -0.15) is 5.10 Å². The highest BCUT2D eigenvalue weighted by molar-refractivity contribution is 5.93. The Bertz CT molecular complexity index is 561. The number of aromatic nitrogens is 3. The molecular formula is C11H13N5O. The molecule has 2 heterocycles. The van der Waals surface area contributed by atoms with Gasteiger partial charge < -0.3 is 10.5 Å². The number of nitrogens with zero attached hydrogens (tertiary/aromatic N) is 3. The summed E-state index contributed by atoms with van der Waals surface area (Å²) < 4.78 is 7.18. The Morgan fingerprint density at radius 1 is 1.47 bits per heavy atom. The lowest BCUT2D eigenvalue weighted by molar-refractivity contribution is 0.415. The van der Waals surface area contributed by atoms with Gasteiger partial charge in [0.15, 0.2) is 0 Å². The third-order valence-corrected chi connectivity index (χ3v) is 2.17. The molecule has 0 saturated carbocycles. The number of amidine groups is 1. The van der Waals surface area contributed by atoms with Gasteiger partial charge in [0.05, 0.1) is 5.69 Å². The normalized spacial score (nSPS) is 10.2. The second kappa shape index (κ2) is 4.25. The molecular weight excluding hydrogens is 218 g/mol. The summed E-state index contributed by atoms with van der Waals surface area (Å²) in [6.07, 6.45) is 0. The molecule has 2 aromatic rings. The van der Waals surface area contributed by atoms with Gasteiger partial charge in [-0.25, -0.2) is 9.67 Å². The van der Waals surface area contributed by atoms with Gasteiger partial charge in [0.25, 0.3) is 0 Å². The zero-order valence-corrected chi connectivity index (χ0v) is 9.64. The van der Waals surface area contributed by atoms with Crippen LogP contribution in [0.1, 0.15) is 11.4 Å². The minimum atomic E-state index is -0.0864. The number of hydrogen-bond acceptors (Lipinski definition) is 4. The van der Waals surface area contributed by atoms with Crippen molar-refractivity contribution < 1.29 is 4.74 Å². The molecule has 17 heavy (non-hydrogen) atoms. The number of nitrogens with two attached hydrogens (primary N) is 1. The summed E-state index contributed by atoms with van der Waals surface area (Å²) in [7, 11) is 1.79. The number of hydrogen-bond donors (Lipinski definition) is 2. The van der Waals surface area contributed by atoms with Gasteiger partial charge in [0.1, 0.15) is 11.5 Å². The molecule has 0 aliphatic heterocycles. The van der Waals surface area contributed by atoms with E-state index in [1.807, 2.05) is 13.0 Å². The highest BCUT2D eigenvalue weighted by Gasteiger charge is 2.06. The van der Waals surface area contributed by atoms with E-state index in [0.29, 0.717) is 17.5 Å². The van der Waals surface area contributed by atoms with E-state index in [9.17, 15) is 0 Å². The number of ether oxygens (including phenoxy) is 1. The van der Waals surface area contributed by atoms with Crippen molar-refractivity contribution in [2.24, 2.45) is 12.8 Å². The highest BCUT2D eigenvalue weighted by atomic mass is 16.5. The van der Waals surface area contributed by atoms with E-state index >= 15 is 0 Å². The summed E-state index contributed by atoms with van der Waals surface area (Å²) in [5.74, 6) is 0.896. The molecule has 0 aromatic carbocycles. The van der Waals surface area contributed by atoms with Crippen molar-refractivity contribution in [1.82, 2.24) is 14.8 Å². The molecule has 6 nitrogen and oxygen atoms in total. The zero-order chi connectivity index (χ0) is 12.4. The van der Waals surface area contributed by atoms with Crippen LogP contribution in [0.2, 0.25) is 0 Å². The monoisotopic (exact) mass is 231 g/mol. The predicted octanol–water partition coefficient (Wildman–Crippen LogP) is 1.20. The van der Waals surface area contributed by atoms with E-state index < -0.39 is 0 Å². The third-order valence-electron chi connectivity index (χ3n) is 2.17. The van der Waals surface area contributed by atoms with Crippen LogP contribution < -0.4 is 10.5 Å². The molecule has 0 unspecified atom stereocenters. The Morgan fingerprint density at radius 2 is 2.24 bits per heavy atom. The molecule has 3 N–H and O–H groups in total. The second-order valence-electron chi connectivity index (χ2n) is 3.62. The largest absolute Gasteiger partial charge is 0.421 e. The van der Waals surface area contributed by atoms with E-state index in [-0.39, 0.29) is 5.84 Å². The maximum Gasteiger partial charge on any atom is 0.221 e. The maximum absolute atomic E-state index is 7.30. The fourth-order valence-corrected chi connectivity index (χ4v) is 1.41. The number of rotatable bonds is 3. The Hall–Kier alpha value is -2.37. The maximum atomic E-state index is 7.30. The fraction of sp³-hybridized carbons (Fsp3) is 0.182. The smallest absolute Gasteiger partial charge is 0.221 e. The van der Waals surface area contributed by atoms with Crippen LogP contribution in [0.4, 0.5) is 0 Å². The van der Waals surface area contributed by atoms with Gasteiger partial charge in [0.2, 0.25) is 11.8 Å². The first kappa shape index (κ1) is 11.1. The molecule has 2 rings (SSSR count). The SMILES string of the molecule is Cc1cc(Oc2cccc(C(=N)N)n2)n(C)n1. The molecule has 0 amide bonds. The fourth-order valence-electron chi connectivity index (χ4n) is 1.41. The molecule has 0 radical (unpaired) electrons. The standard InChI is InChI=1S/C11H13N5O/c1-7-6-10(16(2)15-7)17-9-5-3-4-8(14-9)11(12)13/h3-6H,1-2H3,(H3,12,13). The zero-order valence-electron chi connectivity index (χ0n) is 9.64. The second-order valence-corrected chi connectivity index (χ2v) is 3.62. The number of nitrogen functional groups attached to an aromatic ring is 1. The van der Waals surface area contributed by atoms with Crippen LogP contribution in [0.15, 0.2) is 24.3 Å². The summed E-state index contributed by atoms with van der Waals surface area (Å²) in [5.41, 5.74) is 6.61. The van der Waals surface area contributed by atoms with Crippen LogP contribution in [0.5, 0.6) is 11.8 Å². The summed E-state index contributed by atoms with van der Waals surface area (Å²) in [4.78, 5) is 4.11. The van der Waals surface area contributed by atoms with Gasteiger partial charge in [-0.3, -0.25) is 5.41 Å². The first-order valence-corrected chi connectivity index (χ1v) is 5.06.